The monoisotopic (exact) mass is 432 g/mol. The van der Waals surface area contributed by atoms with Crippen LogP contribution in [0.15, 0.2) is 30.3 Å². The van der Waals surface area contributed by atoms with Gasteiger partial charge in [-0.2, -0.15) is 0 Å². The zero-order valence-corrected chi connectivity index (χ0v) is 19.3. The summed E-state index contributed by atoms with van der Waals surface area (Å²) in [5.74, 6) is -1.48. The van der Waals surface area contributed by atoms with E-state index in [0.717, 1.165) is 56.9 Å². The lowest BCUT2D eigenvalue weighted by atomic mass is 9.80. The number of carbonyl (C=O) groups is 3. The molecule has 0 radical (unpaired) electrons. The van der Waals surface area contributed by atoms with Crippen molar-refractivity contribution in [3.8, 4) is 0 Å². The summed E-state index contributed by atoms with van der Waals surface area (Å²) in [4.78, 5) is 36.7. The lowest BCUT2D eigenvalue weighted by Gasteiger charge is -2.32. The van der Waals surface area contributed by atoms with Crippen LogP contribution in [0.3, 0.4) is 0 Å². The van der Waals surface area contributed by atoms with Crippen molar-refractivity contribution in [3.63, 3.8) is 0 Å². The molecule has 0 aliphatic rings. The molecule has 1 aromatic rings. The Bertz CT molecular complexity index is 620. The molecule has 174 valence electrons. The third-order valence-corrected chi connectivity index (χ3v) is 5.84. The number of unbranched alkanes of at least 4 members (excludes halogenated alkanes) is 8. The van der Waals surface area contributed by atoms with Crippen LogP contribution < -0.4 is 0 Å². The van der Waals surface area contributed by atoms with E-state index in [9.17, 15) is 19.5 Å². The fourth-order valence-corrected chi connectivity index (χ4v) is 3.90. The first-order valence-corrected chi connectivity index (χ1v) is 11.9. The van der Waals surface area contributed by atoms with Crippen LogP contribution in [-0.2, 0) is 19.1 Å². The summed E-state index contributed by atoms with van der Waals surface area (Å²) in [7, 11) is 0. The highest BCUT2D eigenvalue weighted by atomic mass is 16.6. The van der Waals surface area contributed by atoms with Gasteiger partial charge in [-0.15, -0.1) is 0 Å². The van der Waals surface area contributed by atoms with Crippen LogP contribution in [-0.4, -0.2) is 35.4 Å². The van der Waals surface area contributed by atoms with Gasteiger partial charge in [0.1, 0.15) is 0 Å². The minimum Gasteiger partial charge on any atom is -0.441 e. The van der Waals surface area contributed by atoms with E-state index in [-0.39, 0.29) is 6.42 Å². The number of benzene rings is 1. The summed E-state index contributed by atoms with van der Waals surface area (Å²) in [6.45, 7) is 4.27. The molecule has 0 bridgehead atoms. The Kier molecular flexibility index (Phi) is 13.7. The van der Waals surface area contributed by atoms with Gasteiger partial charge < -0.3 is 9.84 Å². The first-order valence-electron chi connectivity index (χ1n) is 11.9. The molecule has 0 heterocycles. The Morgan fingerprint density at radius 3 is 1.97 bits per heavy atom. The fraction of sp³-hybridized carbons (Fsp3) is 0.654. The predicted molar refractivity (Wildman–Crippen MR) is 123 cm³/mol. The molecule has 0 saturated carbocycles. The number of aliphatic hydroxyl groups is 1. The number of esters is 1. The molecule has 0 amide bonds. The Balaban J connectivity index is 2.84. The zero-order valence-electron chi connectivity index (χ0n) is 19.3. The molecule has 31 heavy (non-hydrogen) atoms. The number of hydrogen-bond acceptors (Lipinski definition) is 5. The van der Waals surface area contributed by atoms with Gasteiger partial charge in [0.05, 0.1) is 0 Å². The van der Waals surface area contributed by atoms with E-state index >= 15 is 0 Å². The normalized spacial score (nSPS) is 13.4. The summed E-state index contributed by atoms with van der Waals surface area (Å²) in [5.41, 5.74) is -1.15. The van der Waals surface area contributed by atoms with E-state index in [4.69, 9.17) is 4.74 Å². The molecule has 0 fully saturated rings. The summed E-state index contributed by atoms with van der Waals surface area (Å²) in [6.07, 6.45) is 10.4. The largest absolute Gasteiger partial charge is 0.441 e. The van der Waals surface area contributed by atoms with Gasteiger partial charge in [-0.05, 0) is 18.4 Å². The van der Waals surface area contributed by atoms with E-state index in [1.807, 2.05) is 30.3 Å². The van der Waals surface area contributed by atoms with Crippen molar-refractivity contribution in [2.75, 3.05) is 0 Å². The predicted octanol–water partition coefficient (Wildman–Crippen LogP) is 5.53. The van der Waals surface area contributed by atoms with E-state index in [0.29, 0.717) is 25.4 Å². The zero-order chi connectivity index (χ0) is 23.0. The number of carbonyl (C=O) groups excluding carboxylic acids is 3. The Hall–Kier alpha value is -2.01. The maximum atomic E-state index is 12.6. The molecule has 1 rings (SSSR count). The minimum atomic E-state index is -1.92. The summed E-state index contributed by atoms with van der Waals surface area (Å²) in [5, 5.41) is 10.3. The topological polar surface area (TPSA) is 80.7 Å². The summed E-state index contributed by atoms with van der Waals surface area (Å²) in [6, 6.07) is 9.21. The number of hydrogen-bond donors (Lipinski definition) is 1. The molecule has 1 N–H and O–H groups in total. The minimum absolute atomic E-state index is 0.269. The van der Waals surface area contributed by atoms with Gasteiger partial charge in [0.25, 0.3) is 0 Å². The maximum Gasteiger partial charge on any atom is 0.336 e. The lowest BCUT2D eigenvalue weighted by Crippen LogP contribution is -2.47. The third kappa shape index (κ3) is 9.34. The van der Waals surface area contributed by atoms with Gasteiger partial charge in [-0.3, -0.25) is 9.59 Å². The third-order valence-electron chi connectivity index (χ3n) is 5.84. The number of rotatable bonds is 18. The highest BCUT2D eigenvalue weighted by molar-refractivity contribution is 5.93. The van der Waals surface area contributed by atoms with Crippen molar-refractivity contribution >= 4 is 18.5 Å². The first-order chi connectivity index (χ1) is 15.0. The number of ether oxygens (including phenoxy) is 1. The molecule has 5 nitrogen and oxygen atoms in total. The summed E-state index contributed by atoms with van der Waals surface area (Å²) < 4.78 is 5.44. The maximum absolute atomic E-state index is 12.6. The van der Waals surface area contributed by atoms with Crippen LogP contribution in [0.1, 0.15) is 102 Å². The second-order valence-corrected chi connectivity index (χ2v) is 8.40. The van der Waals surface area contributed by atoms with Crippen LogP contribution in [0.4, 0.5) is 0 Å². The van der Waals surface area contributed by atoms with Crippen LogP contribution in [0.5, 0.6) is 0 Å². The molecule has 0 saturated heterocycles. The molecule has 2 unspecified atom stereocenters. The second-order valence-electron chi connectivity index (χ2n) is 8.40. The molecular formula is C26H40O5. The van der Waals surface area contributed by atoms with Crippen molar-refractivity contribution in [1.29, 1.82) is 0 Å². The lowest BCUT2D eigenvalue weighted by molar-refractivity contribution is -0.175. The van der Waals surface area contributed by atoms with Crippen LogP contribution >= 0.6 is 0 Å². The first kappa shape index (κ1) is 27.0. The van der Waals surface area contributed by atoms with Crippen molar-refractivity contribution in [1.82, 2.24) is 0 Å². The molecule has 0 aliphatic carbocycles. The second kappa shape index (κ2) is 15.7. The van der Waals surface area contributed by atoms with Gasteiger partial charge in [0.2, 0.25) is 5.60 Å². The quantitative estimate of drug-likeness (QED) is 0.143. The Labute approximate surface area is 187 Å². The molecule has 0 aliphatic heterocycles. The van der Waals surface area contributed by atoms with Gasteiger partial charge in [-0.25, -0.2) is 4.79 Å². The van der Waals surface area contributed by atoms with Crippen molar-refractivity contribution in [2.24, 2.45) is 0 Å². The molecule has 0 aromatic heterocycles. The Morgan fingerprint density at radius 2 is 1.39 bits per heavy atom. The molecule has 5 heteroatoms. The highest BCUT2D eigenvalue weighted by Gasteiger charge is 2.44. The average molecular weight is 433 g/mol. The Morgan fingerprint density at radius 1 is 0.871 bits per heavy atom. The van der Waals surface area contributed by atoms with E-state index in [2.05, 4.69) is 13.8 Å². The van der Waals surface area contributed by atoms with Crippen LogP contribution in [0.25, 0.3) is 0 Å². The number of aliphatic hydroxyl groups excluding tert-OH is 1. The van der Waals surface area contributed by atoms with Crippen molar-refractivity contribution < 1.29 is 24.2 Å². The van der Waals surface area contributed by atoms with Gasteiger partial charge in [-0.1, -0.05) is 108 Å². The SMILES string of the molecule is CCCCCCCCC(O)C(=O)OC(C=O)(C=O)C(CCCCCC)c1ccccc1. The van der Waals surface area contributed by atoms with Crippen molar-refractivity contribution in [2.45, 2.75) is 109 Å². The number of aldehydes is 2. The smallest absolute Gasteiger partial charge is 0.336 e. The molecule has 2 atom stereocenters. The van der Waals surface area contributed by atoms with Crippen molar-refractivity contribution in [3.05, 3.63) is 35.9 Å². The van der Waals surface area contributed by atoms with Gasteiger partial charge >= 0.3 is 5.97 Å². The van der Waals surface area contributed by atoms with E-state index in [1.165, 1.54) is 6.42 Å². The van der Waals surface area contributed by atoms with E-state index < -0.39 is 23.6 Å². The fourth-order valence-electron chi connectivity index (χ4n) is 3.90. The van der Waals surface area contributed by atoms with Crippen LogP contribution in [0.2, 0.25) is 0 Å². The van der Waals surface area contributed by atoms with Gasteiger partial charge in [0, 0.05) is 5.92 Å². The molecule has 0 spiro atoms. The molecule has 1 aromatic carbocycles. The van der Waals surface area contributed by atoms with Crippen LogP contribution in [0, 0.1) is 0 Å². The average Bonchev–Trinajstić information content (AvgIpc) is 2.80. The molecular weight excluding hydrogens is 392 g/mol. The van der Waals surface area contributed by atoms with E-state index in [1.54, 1.807) is 0 Å². The summed E-state index contributed by atoms with van der Waals surface area (Å²) >= 11 is 0. The standard InChI is InChI=1S/C26H40O5/c1-3-5-7-9-10-15-19-24(29)25(30)31-26(20-27,21-28)23(18-14-8-6-4-2)22-16-12-11-13-17-22/h11-13,16-17,20-21,23-24,29H,3-10,14-15,18-19H2,1-2H3. The van der Waals surface area contributed by atoms with Gasteiger partial charge in [0.15, 0.2) is 18.7 Å². The highest BCUT2D eigenvalue weighted by Crippen LogP contribution is 2.34.